The molecule has 2 aliphatic rings. The first-order chi connectivity index (χ1) is 4.83. The van der Waals surface area contributed by atoms with Crippen molar-refractivity contribution < 1.29 is 0 Å². The maximum absolute atomic E-state index is 8.68. The fraction of sp³-hybridized carbons (Fsp3) is 0.857. The van der Waals surface area contributed by atoms with E-state index in [1.165, 1.54) is 6.42 Å². The number of nitriles is 1. The SMILES string of the molecule is N#CN1C2CCC1C(N)C2. The Kier molecular flexibility index (Phi) is 1.12. The second-order valence-corrected chi connectivity index (χ2v) is 3.21. The summed E-state index contributed by atoms with van der Waals surface area (Å²) < 4.78 is 0. The molecule has 2 rings (SSSR count). The molecule has 0 amide bonds. The van der Waals surface area contributed by atoms with Crippen LogP contribution in [0.1, 0.15) is 19.3 Å². The van der Waals surface area contributed by atoms with E-state index in [-0.39, 0.29) is 6.04 Å². The van der Waals surface area contributed by atoms with Gasteiger partial charge in [0.1, 0.15) is 0 Å². The zero-order valence-electron chi connectivity index (χ0n) is 5.83. The summed E-state index contributed by atoms with van der Waals surface area (Å²) in [6, 6.07) is 1.11. The average Bonchev–Trinajstić information content (AvgIpc) is 2.42. The fourth-order valence-electron chi connectivity index (χ4n) is 2.19. The molecule has 0 saturated carbocycles. The molecule has 10 heavy (non-hydrogen) atoms. The molecular formula is C7H11N3. The molecule has 0 aromatic heterocycles. The number of hydrogen-bond donors (Lipinski definition) is 1. The topological polar surface area (TPSA) is 53.0 Å². The summed E-state index contributed by atoms with van der Waals surface area (Å²) >= 11 is 0. The average molecular weight is 137 g/mol. The Morgan fingerprint density at radius 3 is 2.60 bits per heavy atom. The summed E-state index contributed by atoms with van der Waals surface area (Å²) in [5.41, 5.74) is 5.79. The Hall–Kier alpha value is -0.750. The highest BCUT2D eigenvalue weighted by atomic mass is 15.2. The maximum Gasteiger partial charge on any atom is 0.179 e. The monoisotopic (exact) mass is 137 g/mol. The second kappa shape index (κ2) is 1.86. The molecule has 3 nitrogen and oxygen atoms in total. The van der Waals surface area contributed by atoms with Gasteiger partial charge in [-0.1, -0.05) is 0 Å². The fourth-order valence-corrected chi connectivity index (χ4v) is 2.19. The zero-order chi connectivity index (χ0) is 7.14. The lowest BCUT2D eigenvalue weighted by atomic mass is 9.97. The van der Waals surface area contributed by atoms with Gasteiger partial charge in [0.2, 0.25) is 0 Å². The third-order valence-corrected chi connectivity index (χ3v) is 2.70. The van der Waals surface area contributed by atoms with Crippen molar-refractivity contribution in [1.82, 2.24) is 4.90 Å². The van der Waals surface area contributed by atoms with E-state index >= 15 is 0 Å². The van der Waals surface area contributed by atoms with Crippen LogP contribution in [0.2, 0.25) is 0 Å². The van der Waals surface area contributed by atoms with Crippen LogP contribution in [0, 0.1) is 11.5 Å². The lowest BCUT2D eigenvalue weighted by Gasteiger charge is -2.15. The predicted octanol–water partition coefficient (Wildman–Crippen LogP) is 0.0315. The first-order valence-electron chi connectivity index (χ1n) is 3.76. The van der Waals surface area contributed by atoms with Crippen LogP contribution in [-0.4, -0.2) is 23.0 Å². The minimum Gasteiger partial charge on any atom is -0.326 e. The molecule has 0 spiro atoms. The Labute approximate surface area is 60.4 Å². The Morgan fingerprint density at radius 1 is 1.50 bits per heavy atom. The van der Waals surface area contributed by atoms with Gasteiger partial charge in [0.25, 0.3) is 0 Å². The van der Waals surface area contributed by atoms with E-state index < -0.39 is 0 Å². The van der Waals surface area contributed by atoms with Crippen LogP contribution in [0.25, 0.3) is 0 Å². The van der Waals surface area contributed by atoms with Crippen molar-refractivity contribution >= 4 is 0 Å². The summed E-state index contributed by atoms with van der Waals surface area (Å²) in [5, 5.41) is 8.68. The largest absolute Gasteiger partial charge is 0.326 e. The van der Waals surface area contributed by atoms with Crippen molar-refractivity contribution in [3.63, 3.8) is 0 Å². The summed E-state index contributed by atoms with van der Waals surface area (Å²) in [5.74, 6) is 0. The van der Waals surface area contributed by atoms with E-state index in [0.29, 0.717) is 12.1 Å². The molecule has 2 aliphatic heterocycles. The quantitative estimate of drug-likeness (QED) is 0.479. The molecule has 3 unspecified atom stereocenters. The van der Waals surface area contributed by atoms with Gasteiger partial charge in [0, 0.05) is 12.1 Å². The highest BCUT2D eigenvalue weighted by molar-refractivity contribution is 5.06. The van der Waals surface area contributed by atoms with E-state index in [4.69, 9.17) is 11.0 Å². The number of fused-ring (bicyclic) bond motifs is 2. The van der Waals surface area contributed by atoms with Crippen LogP contribution in [0.5, 0.6) is 0 Å². The third kappa shape index (κ3) is 0.572. The number of rotatable bonds is 0. The Morgan fingerprint density at radius 2 is 2.30 bits per heavy atom. The van der Waals surface area contributed by atoms with E-state index in [1.54, 1.807) is 0 Å². The van der Waals surface area contributed by atoms with Crippen molar-refractivity contribution in [1.29, 1.82) is 5.26 Å². The molecule has 54 valence electrons. The van der Waals surface area contributed by atoms with Gasteiger partial charge >= 0.3 is 0 Å². The van der Waals surface area contributed by atoms with Gasteiger partial charge in [-0.05, 0) is 19.3 Å². The smallest absolute Gasteiger partial charge is 0.179 e. The van der Waals surface area contributed by atoms with E-state index in [2.05, 4.69) is 6.19 Å². The molecule has 3 heteroatoms. The molecule has 0 aromatic carbocycles. The molecule has 0 aliphatic carbocycles. The molecule has 3 atom stereocenters. The molecule has 0 radical (unpaired) electrons. The molecular weight excluding hydrogens is 126 g/mol. The molecule has 2 saturated heterocycles. The van der Waals surface area contributed by atoms with E-state index in [9.17, 15) is 0 Å². The van der Waals surface area contributed by atoms with Gasteiger partial charge in [-0.2, -0.15) is 5.26 Å². The van der Waals surface area contributed by atoms with Crippen LogP contribution in [0.3, 0.4) is 0 Å². The summed E-state index contributed by atoms with van der Waals surface area (Å²) in [6.45, 7) is 0. The van der Waals surface area contributed by atoms with Crippen LogP contribution in [0.15, 0.2) is 0 Å². The van der Waals surface area contributed by atoms with Crippen molar-refractivity contribution in [3.8, 4) is 6.19 Å². The Balaban J connectivity index is 2.20. The van der Waals surface area contributed by atoms with Crippen molar-refractivity contribution in [2.75, 3.05) is 0 Å². The lowest BCUT2D eigenvalue weighted by molar-refractivity contribution is 0.364. The van der Waals surface area contributed by atoms with Gasteiger partial charge in [-0.15, -0.1) is 0 Å². The van der Waals surface area contributed by atoms with Gasteiger partial charge in [0.05, 0.1) is 6.04 Å². The first-order valence-corrected chi connectivity index (χ1v) is 3.76. The summed E-state index contributed by atoms with van der Waals surface area (Å²) in [4.78, 5) is 1.88. The predicted molar refractivity (Wildman–Crippen MR) is 36.9 cm³/mol. The number of nitrogens with zero attached hydrogens (tertiary/aromatic N) is 2. The van der Waals surface area contributed by atoms with Gasteiger partial charge in [-0.3, -0.25) is 0 Å². The summed E-state index contributed by atoms with van der Waals surface area (Å²) in [7, 11) is 0. The van der Waals surface area contributed by atoms with Crippen LogP contribution >= 0.6 is 0 Å². The molecule has 2 heterocycles. The minimum atomic E-state index is 0.262. The van der Waals surface area contributed by atoms with Crippen molar-refractivity contribution in [2.24, 2.45) is 5.73 Å². The molecule has 2 fully saturated rings. The van der Waals surface area contributed by atoms with Crippen LogP contribution in [0.4, 0.5) is 0 Å². The van der Waals surface area contributed by atoms with E-state index in [1.807, 2.05) is 4.90 Å². The normalized spacial score (nSPS) is 44.0. The molecule has 2 N–H and O–H groups in total. The maximum atomic E-state index is 8.68. The zero-order valence-corrected chi connectivity index (χ0v) is 5.83. The van der Waals surface area contributed by atoms with Crippen molar-refractivity contribution in [2.45, 2.75) is 37.4 Å². The Bertz CT molecular complexity index is 184. The minimum absolute atomic E-state index is 0.262. The lowest BCUT2D eigenvalue weighted by Crippen LogP contribution is -2.34. The summed E-state index contributed by atoms with van der Waals surface area (Å²) in [6.07, 6.45) is 5.53. The number of nitrogens with two attached hydrogens (primary N) is 1. The standard InChI is InChI=1S/C7H11N3/c8-4-10-5-1-2-7(10)6(9)3-5/h5-7H,1-3,9H2. The van der Waals surface area contributed by atoms with Gasteiger partial charge < -0.3 is 10.6 Å². The molecule has 2 bridgehead atoms. The highest BCUT2D eigenvalue weighted by Crippen LogP contribution is 2.35. The second-order valence-electron chi connectivity index (χ2n) is 3.21. The first kappa shape index (κ1) is 5.99. The number of hydrogen-bond acceptors (Lipinski definition) is 3. The van der Waals surface area contributed by atoms with Crippen LogP contribution in [-0.2, 0) is 0 Å². The highest BCUT2D eigenvalue weighted by Gasteiger charge is 2.44. The third-order valence-electron chi connectivity index (χ3n) is 2.70. The van der Waals surface area contributed by atoms with Crippen molar-refractivity contribution in [3.05, 3.63) is 0 Å². The van der Waals surface area contributed by atoms with E-state index in [0.717, 1.165) is 12.8 Å². The van der Waals surface area contributed by atoms with Crippen LogP contribution < -0.4 is 5.73 Å². The van der Waals surface area contributed by atoms with Gasteiger partial charge in [0.15, 0.2) is 6.19 Å². The van der Waals surface area contributed by atoms with Gasteiger partial charge in [-0.25, -0.2) is 0 Å². The molecule has 0 aromatic rings.